The molecule has 0 atom stereocenters. The Bertz CT molecular complexity index is 470. The van der Waals surface area contributed by atoms with Gasteiger partial charge in [-0.25, -0.2) is 0 Å². The van der Waals surface area contributed by atoms with Crippen molar-refractivity contribution < 1.29 is 14.3 Å². The highest BCUT2D eigenvalue weighted by Gasteiger charge is 2.31. The maximum atomic E-state index is 11.9. The summed E-state index contributed by atoms with van der Waals surface area (Å²) in [4.78, 5) is 11.9. The van der Waals surface area contributed by atoms with Crippen molar-refractivity contribution in [2.24, 2.45) is 5.92 Å². The first-order chi connectivity index (χ1) is 9.62. The van der Waals surface area contributed by atoms with E-state index in [0.717, 1.165) is 19.4 Å². The number of hydrogen-bond donors (Lipinski definition) is 2. The number of carbonyl (C=O) groups is 1. The molecule has 1 aromatic rings. The number of methoxy groups -OCH3 is 1. The summed E-state index contributed by atoms with van der Waals surface area (Å²) in [7, 11) is 1.56. The highest BCUT2D eigenvalue weighted by atomic mass is 16.5. The number of rotatable bonds is 6. The molecule has 110 valence electrons. The van der Waals surface area contributed by atoms with Crippen LogP contribution in [0.3, 0.4) is 0 Å². The van der Waals surface area contributed by atoms with Gasteiger partial charge in [0, 0.05) is 24.8 Å². The average Bonchev–Trinajstić information content (AvgIpc) is 2.38. The summed E-state index contributed by atoms with van der Waals surface area (Å²) in [6.45, 7) is 2.74. The van der Waals surface area contributed by atoms with Gasteiger partial charge in [0.1, 0.15) is 5.75 Å². The van der Waals surface area contributed by atoms with Crippen LogP contribution >= 0.6 is 0 Å². The lowest BCUT2D eigenvalue weighted by Crippen LogP contribution is -2.33. The molecule has 3 N–H and O–H groups in total. The molecule has 0 aliphatic heterocycles. The normalized spacial score (nSPS) is 21.1. The van der Waals surface area contributed by atoms with Crippen LogP contribution in [0, 0.1) is 5.92 Å². The van der Waals surface area contributed by atoms with Gasteiger partial charge in [0.05, 0.1) is 18.9 Å². The highest BCUT2D eigenvalue weighted by Crippen LogP contribution is 2.33. The minimum Gasteiger partial charge on any atom is -0.495 e. The van der Waals surface area contributed by atoms with Gasteiger partial charge in [0.2, 0.25) is 5.91 Å². The molecule has 5 nitrogen and oxygen atoms in total. The first-order valence-corrected chi connectivity index (χ1v) is 6.97. The standard InChI is InChI=1S/C15H22N2O3/c1-3-20-12-6-10(7-12)8-15(18)17-11-4-5-13(16)14(9-11)19-2/h4-5,9-10,12H,3,6-8,16H2,1-2H3,(H,17,18). The van der Waals surface area contributed by atoms with Crippen molar-refractivity contribution in [1.29, 1.82) is 0 Å². The van der Waals surface area contributed by atoms with Gasteiger partial charge in [0.25, 0.3) is 0 Å². The number of benzene rings is 1. The topological polar surface area (TPSA) is 73.6 Å². The number of nitrogens with one attached hydrogen (secondary N) is 1. The third kappa shape index (κ3) is 3.63. The summed E-state index contributed by atoms with van der Waals surface area (Å²) < 4.78 is 10.6. The lowest BCUT2D eigenvalue weighted by atomic mass is 9.80. The Morgan fingerprint density at radius 3 is 2.85 bits per heavy atom. The zero-order valence-electron chi connectivity index (χ0n) is 12.0. The third-order valence-corrected chi connectivity index (χ3v) is 3.59. The Kier molecular flexibility index (Phi) is 4.84. The third-order valence-electron chi connectivity index (χ3n) is 3.59. The van der Waals surface area contributed by atoms with Gasteiger partial charge in [-0.05, 0) is 37.8 Å². The molecule has 1 fully saturated rings. The van der Waals surface area contributed by atoms with E-state index in [1.165, 1.54) is 0 Å². The van der Waals surface area contributed by atoms with E-state index in [9.17, 15) is 4.79 Å². The first kappa shape index (κ1) is 14.7. The van der Waals surface area contributed by atoms with Gasteiger partial charge in [-0.1, -0.05) is 0 Å². The molecular formula is C15H22N2O3. The van der Waals surface area contributed by atoms with Gasteiger partial charge in [-0.3, -0.25) is 4.79 Å². The number of nitrogens with two attached hydrogens (primary N) is 1. The average molecular weight is 278 g/mol. The predicted molar refractivity (Wildman–Crippen MR) is 78.8 cm³/mol. The quantitative estimate of drug-likeness (QED) is 0.784. The van der Waals surface area contributed by atoms with Crippen LogP contribution < -0.4 is 15.8 Å². The minimum atomic E-state index is 0.0248. The fourth-order valence-electron chi connectivity index (χ4n) is 2.48. The molecule has 1 aliphatic rings. The molecule has 5 heteroatoms. The van der Waals surface area contributed by atoms with Crippen LogP contribution in [-0.2, 0) is 9.53 Å². The minimum absolute atomic E-state index is 0.0248. The number of hydrogen-bond acceptors (Lipinski definition) is 4. The Labute approximate surface area is 119 Å². The first-order valence-electron chi connectivity index (χ1n) is 6.97. The van der Waals surface area contributed by atoms with Crippen LogP contribution in [0.2, 0.25) is 0 Å². The molecule has 0 heterocycles. The molecule has 0 spiro atoms. The molecule has 0 radical (unpaired) electrons. The molecule has 0 bridgehead atoms. The monoisotopic (exact) mass is 278 g/mol. The zero-order chi connectivity index (χ0) is 14.5. The van der Waals surface area contributed by atoms with Gasteiger partial charge in [0.15, 0.2) is 0 Å². The number of amides is 1. The maximum absolute atomic E-state index is 11.9. The zero-order valence-corrected chi connectivity index (χ0v) is 12.0. The van der Waals surface area contributed by atoms with Crippen LogP contribution in [0.25, 0.3) is 0 Å². The van der Waals surface area contributed by atoms with Crippen LogP contribution in [0.4, 0.5) is 11.4 Å². The number of anilines is 2. The molecular weight excluding hydrogens is 256 g/mol. The van der Waals surface area contributed by atoms with Crippen LogP contribution in [0.15, 0.2) is 18.2 Å². The van der Waals surface area contributed by atoms with Crippen LogP contribution in [0.1, 0.15) is 26.2 Å². The van der Waals surface area contributed by atoms with E-state index in [1.54, 1.807) is 25.3 Å². The second kappa shape index (κ2) is 6.61. The summed E-state index contributed by atoms with van der Waals surface area (Å²) in [6.07, 6.45) is 2.84. The SMILES string of the molecule is CCOC1CC(CC(=O)Nc2ccc(N)c(OC)c2)C1. The fourth-order valence-corrected chi connectivity index (χ4v) is 2.48. The molecule has 1 amide bonds. The van der Waals surface area contributed by atoms with Crippen molar-refractivity contribution in [2.75, 3.05) is 24.8 Å². The molecule has 2 rings (SSSR count). The molecule has 1 aromatic carbocycles. The second-order valence-electron chi connectivity index (χ2n) is 5.12. The second-order valence-corrected chi connectivity index (χ2v) is 5.12. The van der Waals surface area contributed by atoms with E-state index in [1.807, 2.05) is 6.92 Å². The van der Waals surface area contributed by atoms with E-state index in [2.05, 4.69) is 5.32 Å². The number of nitrogen functional groups attached to an aromatic ring is 1. The summed E-state index contributed by atoms with van der Waals surface area (Å²) in [5, 5.41) is 2.87. The van der Waals surface area contributed by atoms with Crippen molar-refractivity contribution in [3.8, 4) is 5.75 Å². The Morgan fingerprint density at radius 1 is 1.45 bits per heavy atom. The Morgan fingerprint density at radius 2 is 2.20 bits per heavy atom. The molecule has 0 saturated heterocycles. The van der Waals surface area contributed by atoms with Crippen molar-refractivity contribution in [3.05, 3.63) is 18.2 Å². The lowest BCUT2D eigenvalue weighted by Gasteiger charge is -2.34. The molecule has 20 heavy (non-hydrogen) atoms. The highest BCUT2D eigenvalue weighted by molar-refractivity contribution is 5.91. The van der Waals surface area contributed by atoms with E-state index < -0.39 is 0 Å². The van der Waals surface area contributed by atoms with Crippen molar-refractivity contribution >= 4 is 17.3 Å². The van der Waals surface area contributed by atoms with E-state index >= 15 is 0 Å². The van der Waals surface area contributed by atoms with Gasteiger partial charge < -0.3 is 20.5 Å². The number of ether oxygens (including phenoxy) is 2. The van der Waals surface area contributed by atoms with Gasteiger partial charge in [-0.15, -0.1) is 0 Å². The summed E-state index contributed by atoms with van der Waals surface area (Å²) in [6, 6.07) is 5.24. The van der Waals surface area contributed by atoms with Crippen molar-refractivity contribution in [3.63, 3.8) is 0 Å². The molecule has 0 aromatic heterocycles. The smallest absolute Gasteiger partial charge is 0.224 e. The van der Waals surface area contributed by atoms with Gasteiger partial charge in [-0.2, -0.15) is 0 Å². The fraction of sp³-hybridized carbons (Fsp3) is 0.533. The van der Waals surface area contributed by atoms with Gasteiger partial charge >= 0.3 is 0 Å². The van der Waals surface area contributed by atoms with Crippen LogP contribution in [-0.4, -0.2) is 25.7 Å². The van der Waals surface area contributed by atoms with Crippen molar-refractivity contribution in [2.45, 2.75) is 32.3 Å². The predicted octanol–water partition coefficient (Wildman–Crippen LogP) is 2.42. The Hall–Kier alpha value is -1.75. The lowest BCUT2D eigenvalue weighted by molar-refractivity contribution is -0.119. The molecule has 1 aliphatic carbocycles. The molecule has 0 unspecified atom stereocenters. The van der Waals surface area contributed by atoms with E-state index in [4.69, 9.17) is 15.2 Å². The largest absolute Gasteiger partial charge is 0.495 e. The van der Waals surface area contributed by atoms with E-state index in [0.29, 0.717) is 35.6 Å². The number of carbonyl (C=O) groups excluding carboxylic acids is 1. The summed E-state index contributed by atoms with van der Waals surface area (Å²) >= 11 is 0. The van der Waals surface area contributed by atoms with Crippen LogP contribution in [0.5, 0.6) is 5.75 Å². The summed E-state index contributed by atoms with van der Waals surface area (Å²) in [5.41, 5.74) is 7.00. The summed E-state index contributed by atoms with van der Waals surface area (Å²) in [5.74, 6) is 1.03. The molecule has 1 saturated carbocycles. The Balaban J connectivity index is 1.80. The maximum Gasteiger partial charge on any atom is 0.224 e. The van der Waals surface area contributed by atoms with Crippen molar-refractivity contribution in [1.82, 2.24) is 0 Å². The van der Waals surface area contributed by atoms with E-state index in [-0.39, 0.29) is 5.91 Å².